The molecule has 4 nitrogen and oxygen atoms in total. The predicted octanol–water partition coefficient (Wildman–Crippen LogP) is 5.42. The average Bonchev–Trinajstić information content (AvgIpc) is 2.76. The SMILES string of the molecule is CSc1ccc(C=CC(=O)OCc2cc(=O)oc3ccc4ccccc4c23)cc1. The van der Waals surface area contributed by atoms with Crippen LogP contribution in [0, 0.1) is 0 Å². The highest BCUT2D eigenvalue weighted by Crippen LogP contribution is 2.27. The van der Waals surface area contributed by atoms with Crippen LogP contribution < -0.4 is 5.63 Å². The summed E-state index contributed by atoms with van der Waals surface area (Å²) in [6, 6.07) is 20.7. The van der Waals surface area contributed by atoms with Gasteiger partial charge in [0.05, 0.1) is 0 Å². The molecule has 0 spiro atoms. The summed E-state index contributed by atoms with van der Waals surface area (Å²) < 4.78 is 10.7. The summed E-state index contributed by atoms with van der Waals surface area (Å²) >= 11 is 1.66. The molecule has 0 saturated heterocycles. The van der Waals surface area contributed by atoms with Gasteiger partial charge >= 0.3 is 11.6 Å². The minimum absolute atomic E-state index is 0.00923. The highest BCUT2D eigenvalue weighted by atomic mass is 32.2. The minimum atomic E-state index is -0.472. The van der Waals surface area contributed by atoms with Crippen molar-refractivity contribution in [3.8, 4) is 0 Å². The lowest BCUT2D eigenvalue weighted by atomic mass is 10.0. The molecule has 1 heterocycles. The van der Waals surface area contributed by atoms with Crippen molar-refractivity contribution in [1.82, 2.24) is 0 Å². The van der Waals surface area contributed by atoms with Crippen LogP contribution in [-0.2, 0) is 16.1 Å². The largest absolute Gasteiger partial charge is 0.458 e. The third-order valence-corrected chi connectivity index (χ3v) is 5.36. The van der Waals surface area contributed by atoms with Gasteiger partial charge in [-0.05, 0) is 46.9 Å². The van der Waals surface area contributed by atoms with E-state index in [0.29, 0.717) is 11.1 Å². The lowest BCUT2D eigenvalue weighted by Crippen LogP contribution is -2.06. The van der Waals surface area contributed by atoms with Gasteiger partial charge in [-0.15, -0.1) is 11.8 Å². The quantitative estimate of drug-likeness (QED) is 0.147. The highest BCUT2D eigenvalue weighted by molar-refractivity contribution is 7.98. The van der Waals surface area contributed by atoms with Crippen molar-refractivity contribution in [1.29, 1.82) is 0 Å². The highest BCUT2D eigenvalue weighted by Gasteiger charge is 2.11. The first-order valence-corrected chi connectivity index (χ1v) is 10.3. The van der Waals surface area contributed by atoms with Gasteiger partial charge in [0, 0.05) is 28.0 Å². The summed E-state index contributed by atoms with van der Waals surface area (Å²) in [6.07, 6.45) is 5.11. The summed E-state index contributed by atoms with van der Waals surface area (Å²) in [5, 5.41) is 2.76. The zero-order valence-electron chi connectivity index (χ0n) is 15.8. The maximum Gasteiger partial charge on any atom is 0.336 e. The third-order valence-electron chi connectivity index (χ3n) is 4.61. The van der Waals surface area contributed by atoms with E-state index in [4.69, 9.17) is 9.15 Å². The molecule has 0 N–H and O–H groups in total. The Bertz CT molecular complexity index is 1270. The van der Waals surface area contributed by atoms with Crippen LogP contribution in [0.5, 0.6) is 0 Å². The lowest BCUT2D eigenvalue weighted by Gasteiger charge is -2.08. The number of rotatable bonds is 5. The van der Waals surface area contributed by atoms with E-state index in [-0.39, 0.29) is 6.61 Å². The van der Waals surface area contributed by atoms with E-state index in [2.05, 4.69) is 0 Å². The Balaban J connectivity index is 1.57. The van der Waals surface area contributed by atoms with Gasteiger partial charge in [-0.2, -0.15) is 0 Å². The molecule has 0 aliphatic heterocycles. The van der Waals surface area contributed by atoms with Crippen LogP contribution in [0.2, 0.25) is 0 Å². The fourth-order valence-electron chi connectivity index (χ4n) is 3.21. The smallest absolute Gasteiger partial charge is 0.336 e. The van der Waals surface area contributed by atoms with E-state index in [1.54, 1.807) is 23.9 Å². The van der Waals surface area contributed by atoms with Gasteiger partial charge in [-0.3, -0.25) is 0 Å². The van der Waals surface area contributed by atoms with Gasteiger partial charge in [0.2, 0.25) is 0 Å². The Morgan fingerprint density at radius 1 is 1.07 bits per heavy atom. The third kappa shape index (κ3) is 4.25. The predicted molar refractivity (Wildman–Crippen MR) is 117 cm³/mol. The molecule has 29 heavy (non-hydrogen) atoms. The number of carbonyl (C=O) groups excluding carboxylic acids is 1. The standard InChI is InChI=1S/C24H18O4S/c1-29-19-10-6-16(7-11-19)8-13-22(25)27-15-18-14-23(26)28-21-12-9-17-4-2-3-5-20(17)24(18)21/h2-14H,15H2,1H3. The summed E-state index contributed by atoms with van der Waals surface area (Å²) in [6.45, 7) is -0.00923. The molecule has 0 radical (unpaired) electrons. The normalized spacial score (nSPS) is 11.3. The number of ether oxygens (including phenoxy) is 1. The Kier molecular flexibility index (Phi) is 5.49. The second-order valence-electron chi connectivity index (χ2n) is 6.46. The second kappa shape index (κ2) is 8.37. The van der Waals surface area contributed by atoms with E-state index < -0.39 is 11.6 Å². The molecule has 5 heteroatoms. The second-order valence-corrected chi connectivity index (χ2v) is 7.34. The van der Waals surface area contributed by atoms with Crippen molar-refractivity contribution < 1.29 is 13.9 Å². The molecule has 0 fully saturated rings. The van der Waals surface area contributed by atoms with E-state index in [1.807, 2.05) is 60.9 Å². The van der Waals surface area contributed by atoms with Crippen molar-refractivity contribution >= 4 is 45.5 Å². The lowest BCUT2D eigenvalue weighted by molar-refractivity contribution is -0.138. The molecular weight excluding hydrogens is 384 g/mol. The molecule has 4 rings (SSSR count). The Labute approximate surface area is 171 Å². The molecule has 0 saturated carbocycles. The monoisotopic (exact) mass is 402 g/mol. The summed E-state index contributed by atoms with van der Waals surface area (Å²) in [7, 11) is 0. The molecule has 0 atom stereocenters. The Morgan fingerprint density at radius 2 is 1.86 bits per heavy atom. The number of hydrogen-bond acceptors (Lipinski definition) is 5. The van der Waals surface area contributed by atoms with Crippen LogP contribution in [0.3, 0.4) is 0 Å². The fourth-order valence-corrected chi connectivity index (χ4v) is 3.62. The van der Waals surface area contributed by atoms with Gasteiger partial charge in [0.1, 0.15) is 12.2 Å². The summed E-state index contributed by atoms with van der Waals surface area (Å²) in [5.74, 6) is -0.472. The zero-order valence-corrected chi connectivity index (χ0v) is 16.6. The van der Waals surface area contributed by atoms with E-state index >= 15 is 0 Å². The summed E-state index contributed by atoms with van der Waals surface area (Å²) in [4.78, 5) is 25.3. The van der Waals surface area contributed by atoms with Gasteiger partial charge in [-0.1, -0.05) is 42.5 Å². The van der Waals surface area contributed by atoms with Crippen molar-refractivity contribution in [3.63, 3.8) is 0 Å². The molecule has 0 amide bonds. The molecule has 4 aromatic rings. The number of carbonyl (C=O) groups is 1. The molecule has 0 aliphatic rings. The number of hydrogen-bond donors (Lipinski definition) is 0. The van der Waals surface area contributed by atoms with Crippen LogP contribution in [0.25, 0.3) is 27.8 Å². The molecule has 0 unspecified atom stereocenters. The van der Waals surface area contributed by atoms with Crippen molar-refractivity contribution in [2.45, 2.75) is 11.5 Å². The van der Waals surface area contributed by atoms with Crippen molar-refractivity contribution in [3.05, 3.63) is 94.4 Å². The van der Waals surface area contributed by atoms with E-state index in [9.17, 15) is 9.59 Å². The van der Waals surface area contributed by atoms with Crippen LogP contribution in [0.15, 0.2) is 86.9 Å². The number of esters is 1. The van der Waals surface area contributed by atoms with Crippen LogP contribution in [-0.4, -0.2) is 12.2 Å². The topological polar surface area (TPSA) is 56.5 Å². The Hall–Kier alpha value is -3.31. The first-order valence-electron chi connectivity index (χ1n) is 9.07. The maximum absolute atomic E-state index is 12.2. The van der Waals surface area contributed by atoms with Crippen LogP contribution in [0.1, 0.15) is 11.1 Å². The van der Waals surface area contributed by atoms with E-state index in [0.717, 1.165) is 26.6 Å². The fraction of sp³-hybridized carbons (Fsp3) is 0.0833. The Morgan fingerprint density at radius 3 is 2.66 bits per heavy atom. The molecule has 1 aromatic heterocycles. The molecule has 0 aliphatic carbocycles. The van der Waals surface area contributed by atoms with Gasteiger partial charge in [0.15, 0.2) is 0 Å². The average molecular weight is 402 g/mol. The summed E-state index contributed by atoms with van der Waals surface area (Å²) in [5.41, 5.74) is 1.55. The van der Waals surface area contributed by atoms with Crippen molar-refractivity contribution in [2.75, 3.05) is 6.26 Å². The first kappa shape index (κ1) is 19.0. The van der Waals surface area contributed by atoms with Crippen LogP contribution in [0.4, 0.5) is 0 Å². The number of benzene rings is 3. The minimum Gasteiger partial charge on any atom is -0.458 e. The maximum atomic E-state index is 12.2. The van der Waals surface area contributed by atoms with Crippen molar-refractivity contribution in [2.24, 2.45) is 0 Å². The number of fused-ring (bicyclic) bond motifs is 3. The first-order chi connectivity index (χ1) is 14.1. The zero-order chi connectivity index (χ0) is 20.2. The van der Waals surface area contributed by atoms with Gasteiger partial charge in [0.25, 0.3) is 0 Å². The molecule has 144 valence electrons. The van der Waals surface area contributed by atoms with Crippen LogP contribution >= 0.6 is 11.8 Å². The van der Waals surface area contributed by atoms with Gasteiger partial charge in [-0.25, -0.2) is 9.59 Å². The molecule has 0 bridgehead atoms. The molecule has 3 aromatic carbocycles. The van der Waals surface area contributed by atoms with E-state index in [1.165, 1.54) is 12.1 Å². The number of thioether (sulfide) groups is 1. The van der Waals surface area contributed by atoms with Gasteiger partial charge < -0.3 is 9.15 Å². The molecular formula is C24H18O4S.